The Labute approximate surface area is 151 Å². The van der Waals surface area contributed by atoms with E-state index in [-0.39, 0.29) is 12.0 Å². The maximum absolute atomic E-state index is 11.7. The van der Waals surface area contributed by atoms with Crippen molar-refractivity contribution in [1.29, 1.82) is 0 Å². The lowest BCUT2D eigenvalue weighted by Crippen LogP contribution is -2.40. The van der Waals surface area contributed by atoms with Crippen LogP contribution in [0.25, 0.3) is 0 Å². The Morgan fingerprint density at radius 1 is 1.32 bits per heavy atom. The van der Waals surface area contributed by atoms with Crippen LogP contribution in [-0.2, 0) is 9.53 Å². The van der Waals surface area contributed by atoms with Crippen molar-refractivity contribution < 1.29 is 9.53 Å². The van der Waals surface area contributed by atoms with Crippen LogP contribution in [0, 0.1) is 5.92 Å². The van der Waals surface area contributed by atoms with Gasteiger partial charge in [0.25, 0.3) is 5.91 Å². The van der Waals surface area contributed by atoms with E-state index in [0.717, 1.165) is 39.0 Å². The van der Waals surface area contributed by atoms with Crippen molar-refractivity contribution in [2.75, 3.05) is 26.2 Å². The molecule has 0 aromatic carbocycles. The molecular formula is C16H22N6O2S. The van der Waals surface area contributed by atoms with Gasteiger partial charge in [-0.15, -0.1) is 10.2 Å². The first-order valence-corrected chi connectivity index (χ1v) is 8.92. The average Bonchev–Trinajstić information content (AvgIpc) is 3.15. The molecule has 0 aliphatic carbocycles. The fourth-order valence-corrected chi connectivity index (χ4v) is 2.96. The molecular weight excluding hydrogens is 340 g/mol. The van der Waals surface area contributed by atoms with Crippen LogP contribution in [0.3, 0.4) is 0 Å². The van der Waals surface area contributed by atoms with Crippen molar-refractivity contribution in [1.82, 2.24) is 16.0 Å². The summed E-state index contributed by atoms with van der Waals surface area (Å²) in [7, 11) is 0. The lowest BCUT2D eigenvalue weighted by Gasteiger charge is -2.19. The molecule has 0 saturated carbocycles. The number of nitrogens with zero attached hydrogens (tertiary/aromatic N) is 3. The zero-order valence-electron chi connectivity index (χ0n) is 13.9. The molecule has 3 aliphatic heterocycles. The molecule has 1 saturated heterocycles. The van der Waals surface area contributed by atoms with E-state index >= 15 is 0 Å². The highest BCUT2D eigenvalue weighted by Gasteiger charge is 2.28. The minimum Gasteiger partial charge on any atom is -0.376 e. The van der Waals surface area contributed by atoms with Crippen LogP contribution in [0.4, 0.5) is 0 Å². The molecule has 3 rings (SSSR count). The second-order valence-electron chi connectivity index (χ2n) is 5.96. The maximum atomic E-state index is 11.7. The monoisotopic (exact) mass is 362 g/mol. The summed E-state index contributed by atoms with van der Waals surface area (Å²) in [5.41, 5.74) is 0.629. The van der Waals surface area contributed by atoms with Crippen LogP contribution in [0.5, 0.6) is 0 Å². The maximum Gasteiger partial charge on any atom is 0.277 e. The first-order valence-electron chi connectivity index (χ1n) is 8.52. The average molecular weight is 362 g/mol. The number of aliphatic imine (C=N–C) groups is 1. The summed E-state index contributed by atoms with van der Waals surface area (Å²) < 4.78 is 5.54. The third-order valence-corrected chi connectivity index (χ3v) is 4.39. The van der Waals surface area contributed by atoms with Crippen LogP contribution in [0.2, 0.25) is 0 Å². The standard InChI is InChI=1S/C16H22N6O2S/c23-15-12-5-1-6-17-13(12)14(21-22-15)18-7-3-8-19-16(25)20-10-11-4-2-9-24-11/h1,5-6,11-12,18H,2-4,7-10H2,(H2,19,20,25). The van der Waals surface area contributed by atoms with Gasteiger partial charge in [-0.05, 0) is 37.6 Å². The van der Waals surface area contributed by atoms with E-state index < -0.39 is 5.92 Å². The molecule has 0 spiro atoms. The number of nitrogens with one attached hydrogen (secondary N) is 3. The molecule has 3 aliphatic rings. The fraction of sp³-hybridized carbons (Fsp3) is 0.562. The predicted molar refractivity (Wildman–Crippen MR) is 98.2 cm³/mol. The number of carbonyl (C=O) groups excluding carboxylic acids is 1. The topological polar surface area (TPSA) is 99.5 Å². The summed E-state index contributed by atoms with van der Waals surface area (Å²) in [6.07, 6.45) is 8.51. The number of azo groups is 1. The first kappa shape index (κ1) is 17.7. The van der Waals surface area contributed by atoms with Gasteiger partial charge < -0.3 is 20.7 Å². The van der Waals surface area contributed by atoms with E-state index in [1.165, 1.54) is 0 Å². The van der Waals surface area contributed by atoms with E-state index in [1.807, 2.05) is 0 Å². The van der Waals surface area contributed by atoms with Crippen LogP contribution in [0.1, 0.15) is 19.3 Å². The minimum atomic E-state index is -0.419. The molecule has 3 heterocycles. The predicted octanol–water partition coefficient (Wildman–Crippen LogP) is 1.03. The van der Waals surface area contributed by atoms with Crippen molar-refractivity contribution in [2.24, 2.45) is 21.1 Å². The molecule has 3 N–H and O–H groups in total. The quantitative estimate of drug-likeness (QED) is 0.462. The molecule has 8 nitrogen and oxygen atoms in total. The molecule has 0 aromatic rings. The summed E-state index contributed by atoms with van der Waals surface area (Å²) in [4.78, 5) is 15.9. The van der Waals surface area contributed by atoms with Gasteiger partial charge in [0.1, 0.15) is 11.6 Å². The summed E-state index contributed by atoms with van der Waals surface area (Å²) >= 11 is 5.25. The molecule has 0 aromatic heterocycles. The number of thiocarbonyl (C=S) groups is 1. The highest BCUT2D eigenvalue weighted by Crippen LogP contribution is 2.26. The highest BCUT2D eigenvalue weighted by atomic mass is 32.1. The third kappa shape index (κ3) is 4.93. The molecule has 0 bridgehead atoms. The van der Waals surface area contributed by atoms with Crippen LogP contribution in [0.15, 0.2) is 38.9 Å². The molecule has 9 heteroatoms. The van der Waals surface area contributed by atoms with Gasteiger partial charge in [-0.25, -0.2) is 0 Å². The summed E-state index contributed by atoms with van der Waals surface area (Å²) in [5, 5.41) is 17.8. The summed E-state index contributed by atoms with van der Waals surface area (Å²) in [5.74, 6) is -0.139. The van der Waals surface area contributed by atoms with Gasteiger partial charge in [0.15, 0.2) is 10.9 Å². The van der Waals surface area contributed by atoms with Gasteiger partial charge in [-0.1, -0.05) is 6.08 Å². The van der Waals surface area contributed by atoms with E-state index in [9.17, 15) is 4.79 Å². The number of ether oxygens (including phenoxy) is 1. The molecule has 134 valence electrons. The van der Waals surface area contributed by atoms with Gasteiger partial charge in [0.2, 0.25) is 0 Å². The Morgan fingerprint density at radius 2 is 2.24 bits per heavy atom. The first-order chi connectivity index (χ1) is 12.2. The molecule has 25 heavy (non-hydrogen) atoms. The Bertz CT molecular complexity index is 637. The van der Waals surface area contributed by atoms with Crippen molar-refractivity contribution in [3.63, 3.8) is 0 Å². The fourth-order valence-electron chi connectivity index (χ4n) is 2.77. The number of carbonyl (C=O) groups is 1. The second-order valence-corrected chi connectivity index (χ2v) is 6.37. The minimum absolute atomic E-state index is 0.271. The van der Waals surface area contributed by atoms with Crippen molar-refractivity contribution in [3.8, 4) is 0 Å². The van der Waals surface area contributed by atoms with E-state index in [4.69, 9.17) is 17.0 Å². The number of hydrogen-bond acceptors (Lipinski definition) is 6. The smallest absolute Gasteiger partial charge is 0.277 e. The third-order valence-electron chi connectivity index (χ3n) is 4.10. The molecule has 1 amide bonds. The second kappa shape index (κ2) is 8.82. The highest BCUT2D eigenvalue weighted by molar-refractivity contribution is 7.80. The Morgan fingerprint density at radius 3 is 3.08 bits per heavy atom. The molecule has 2 unspecified atom stereocenters. The van der Waals surface area contributed by atoms with Crippen molar-refractivity contribution >= 4 is 29.5 Å². The number of amides is 1. The molecule has 2 atom stereocenters. The normalized spacial score (nSPS) is 24.4. The number of hydrogen-bond donors (Lipinski definition) is 3. The SMILES string of the molecule is O=C1N=NC(NCCCNC(=S)NCC2CCCO2)=C2N=CC=CC12. The van der Waals surface area contributed by atoms with Crippen LogP contribution < -0.4 is 16.0 Å². The van der Waals surface area contributed by atoms with E-state index in [2.05, 4.69) is 31.2 Å². The van der Waals surface area contributed by atoms with Crippen molar-refractivity contribution in [3.05, 3.63) is 23.7 Å². The van der Waals surface area contributed by atoms with Gasteiger partial charge in [0.05, 0.1) is 6.10 Å². The summed E-state index contributed by atoms with van der Waals surface area (Å²) in [6, 6.07) is 0. The zero-order valence-corrected chi connectivity index (χ0v) is 14.7. The number of allylic oxidation sites excluding steroid dienone is 1. The van der Waals surface area contributed by atoms with Gasteiger partial charge >= 0.3 is 0 Å². The lowest BCUT2D eigenvalue weighted by atomic mass is 10.0. The van der Waals surface area contributed by atoms with Gasteiger partial charge in [0, 0.05) is 32.5 Å². The number of fused-ring (bicyclic) bond motifs is 1. The molecule has 0 radical (unpaired) electrons. The molecule has 1 fully saturated rings. The van der Waals surface area contributed by atoms with Gasteiger partial charge in [-0.3, -0.25) is 9.79 Å². The Hall–Kier alpha value is -2.13. The van der Waals surface area contributed by atoms with E-state index in [0.29, 0.717) is 23.2 Å². The Balaban J connectivity index is 1.33. The van der Waals surface area contributed by atoms with Gasteiger partial charge in [-0.2, -0.15) is 0 Å². The van der Waals surface area contributed by atoms with Crippen LogP contribution in [-0.4, -0.2) is 49.6 Å². The number of dihydropyridines is 1. The largest absolute Gasteiger partial charge is 0.376 e. The lowest BCUT2D eigenvalue weighted by molar-refractivity contribution is -0.120. The van der Waals surface area contributed by atoms with E-state index in [1.54, 1.807) is 18.4 Å². The Kier molecular flexibility index (Phi) is 6.24. The zero-order chi connectivity index (χ0) is 17.5. The number of rotatable bonds is 7. The van der Waals surface area contributed by atoms with Crippen molar-refractivity contribution in [2.45, 2.75) is 25.4 Å². The van der Waals surface area contributed by atoms with Crippen LogP contribution >= 0.6 is 12.2 Å². The summed E-state index contributed by atoms with van der Waals surface area (Å²) in [6.45, 7) is 3.01.